The van der Waals surface area contributed by atoms with E-state index in [9.17, 15) is 5.11 Å². The molecular weight excluding hydrogens is 258 g/mol. The maximum absolute atomic E-state index is 9.87. The molecule has 3 nitrogen and oxygen atoms in total. The van der Waals surface area contributed by atoms with Crippen LogP contribution in [0.25, 0.3) is 0 Å². The monoisotopic (exact) mass is 283 g/mol. The topological polar surface area (TPSA) is 41.5 Å². The lowest BCUT2D eigenvalue weighted by molar-refractivity contribution is 0.158. The first kappa shape index (κ1) is 16.5. The van der Waals surface area contributed by atoms with Crippen molar-refractivity contribution in [2.75, 3.05) is 38.4 Å². The third-order valence-corrected chi connectivity index (χ3v) is 4.16. The molecular formula is C15H25NO2S. The van der Waals surface area contributed by atoms with Gasteiger partial charge >= 0.3 is 0 Å². The Bertz CT molecular complexity index is 334. The number of aliphatic hydroxyl groups is 1. The van der Waals surface area contributed by atoms with E-state index in [1.165, 1.54) is 0 Å². The Hall–Kier alpha value is -0.550. The van der Waals surface area contributed by atoms with Gasteiger partial charge in [0.25, 0.3) is 0 Å². The van der Waals surface area contributed by atoms with E-state index in [1.54, 1.807) is 7.11 Å². The van der Waals surface area contributed by atoms with Crippen molar-refractivity contribution in [3.05, 3.63) is 35.9 Å². The van der Waals surface area contributed by atoms with Crippen LogP contribution in [0, 0.1) is 0 Å². The number of nitrogens with one attached hydrogen (secondary N) is 1. The van der Waals surface area contributed by atoms with Gasteiger partial charge in [0, 0.05) is 12.9 Å². The van der Waals surface area contributed by atoms with E-state index < -0.39 is 0 Å². The third-order valence-electron chi connectivity index (χ3n) is 3.22. The predicted octanol–water partition coefficient (Wildman–Crippen LogP) is 2.25. The highest BCUT2D eigenvalue weighted by molar-refractivity contribution is 7.99. The molecule has 0 fully saturated rings. The fourth-order valence-electron chi connectivity index (χ4n) is 2.15. The second-order valence-corrected chi connectivity index (χ2v) is 5.72. The van der Waals surface area contributed by atoms with Crippen LogP contribution in [0.1, 0.15) is 18.9 Å². The van der Waals surface area contributed by atoms with Crippen LogP contribution in [0.5, 0.6) is 0 Å². The lowest BCUT2D eigenvalue weighted by Crippen LogP contribution is -2.46. The highest BCUT2D eigenvalue weighted by atomic mass is 32.2. The smallest absolute Gasteiger partial charge is 0.0676 e. The Morgan fingerprint density at radius 1 is 1.26 bits per heavy atom. The van der Waals surface area contributed by atoms with Crippen LogP contribution in [-0.4, -0.2) is 43.5 Å². The number of methoxy groups -OCH3 is 1. The Labute approximate surface area is 120 Å². The van der Waals surface area contributed by atoms with Gasteiger partial charge in [-0.3, -0.25) is 0 Å². The number of hydrogen-bond donors (Lipinski definition) is 2. The fraction of sp³-hybridized carbons (Fsp3) is 0.600. The summed E-state index contributed by atoms with van der Waals surface area (Å²) in [6.07, 6.45) is 0.912. The quantitative estimate of drug-likeness (QED) is 0.646. The largest absolute Gasteiger partial charge is 0.394 e. The zero-order chi connectivity index (χ0) is 14.0. The molecule has 0 amide bonds. The van der Waals surface area contributed by atoms with Gasteiger partial charge in [0.2, 0.25) is 0 Å². The van der Waals surface area contributed by atoms with Gasteiger partial charge in [-0.1, -0.05) is 37.3 Å². The number of likely N-dealkylation sites (N-methyl/N-ethyl adjacent to an activating group) is 1. The summed E-state index contributed by atoms with van der Waals surface area (Å²) < 4.78 is 5.05. The first-order chi connectivity index (χ1) is 9.29. The molecule has 1 atom stereocenters. The first-order valence-electron chi connectivity index (χ1n) is 6.77. The van der Waals surface area contributed by atoms with Crippen molar-refractivity contribution in [2.24, 2.45) is 0 Å². The fourth-order valence-corrected chi connectivity index (χ4v) is 3.13. The number of benzene rings is 1. The van der Waals surface area contributed by atoms with Crippen molar-refractivity contribution in [1.29, 1.82) is 0 Å². The molecule has 108 valence electrons. The van der Waals surface area contributed by atoms with Crippen LogP contribution in [0.2, 0.25) is 0 Å². The van der Waals surface area contributed by atoms with Crippen LogP contribution < -0.4 is 5.32 Å². The van der Waals surface area contributed by atoms with Crippen LogP contribution in [0.4, 0.5) is 0 Å². The highest BCUT2D eigenvalue weighted by Crippen LogP contribution is 2.26. The standard InChI is InChI=1S/C15H25NO2S/c1-3-16-15(13-17,9-11-19-12-10-18-2)14-7-5-4-6-8-14/h4-8,16-17H,3,9-13H2,1-2H3. The van der Waals surface area contributed by atoms with E-state index in [2.05, 4.69) is 24.4 Å². The molecule has 0 saturated heterocycles. The summed E-state index contributed by atoms with van der Waals surface area (Å²) in [6, 6.07) is 10.2. The maximum atomic E-state index is 9.87. The van der Waals surface area contributed by atoms with Gasteiger partial charge in [-0.05, 0) is 24.3 Å². The molecule has 0 aliphatic carbocycles. The Morgan fingerprint density at radius 2 is 2.00 bits per heavy atom. The molecule has 0 saturated carbocycles. The minimum atomic E-state index is -0.323. The number of hydrogen-bond acceptors (Lipinski definition) is 4. The third kappa shape index (κ3) is 5.15. The summed E-state index contributed by atoms with van der Waals surface area (Å²) >= 11 is 1.86. The number of rotatable bonds is 10. The molecule has 1 aromatic rings. The molecule has 1 rings (SSSR count). The number of thioether (sulfide) groups is 1. The SMILES string of the molecule is CCNC(CO)(CCSCCOC)c1ccccc1. The normalized spacial score (nSPS) is 14.3. The lowest BCUT2D eigenvalue weighted by Gasteiger charge is -2.33. The molecule has 0 spiro atoms. The van der Waals surface area contributed by atoms with E-state index in [0.717, 1.165) is 36.6 Å². The molecule has 0 aromatic heterocycles. The van der Waals surface area contributed by atoms with E-state index in [0.29, 0.717) is 0 Å². The van der Waals surface area contributed by atoms with Crippen molar-refractivity contribution in [3.8, 4) is 0 Å². The zero-order valence-electron chi connectivity index (χ0n) is 11.9. The van der Waals surface area contributed by atoms with Crippen molar-refractivity contribution in [3.63, 3.8) is 0 Å². The molecule has 0 bridgehead atoms. The van der Waals surface area contributed by atoms with Gasteiger partial charge in [-0.15, -0.1) is 0 Å². The predicted molar refractivity (Wildman–Crippen MR) is 82.7 cm³/mol. The van der Waals surface area contributed by atoms with E-state index in [1.807, 2.05) is 30.0 Å². The van der Waals surface area contributed by atoms with Crippen LogP contribution in [0.15, 0.2) is 30.3 Å². The van der Waals surface area contributed by atoms with Gasteiger partial charge in [-0.2, -0.15) is 11.8 Å². The summed E-state index contributed by atoms with van der Waals surface area (Å²) in [4.78, 5) is 0. The zero-order valence-corrected chi connectivity index (χ0v) is 12.7. The van der Waals surface area contributed by atoms with E-state index >= 15 is 0 Å². The molecule has 1 aromatic carbocycles. The van der Waals surface area contributed by atoms with Gasteiger partial charge < -0.3 is 15.2 Å². The van der Waals surface area contributed by atoms with E-state index in [4.69, 9.17) is 4.74 Å². The Balaban J connectivity index is 2.65. The summed E-state index contributed by atoms with van der Waals surface area (Å²) in [6.45, 7) is 3.82. The molecule has 4 heteroatoms. The molecule has 2 N–H and O–H groups in total. The molecule has 0 radical (unpaired) electrons. The summed E-state index contributed by atoms with van der Waals surface area (Å²) in [5.41, 5.74) is 0.836. The summed E-state index contributed by atoms with van der Waals surface area (Å²) in [5.74, 6) is 2.00. The first-order valence-corrected chi connectivity index (χ1v) is 7.92. The maximum Gasteiger partial charge on any atom is 0.0676 e. The average Bonchev–Trinajstić information content (AvgIpc) is 2.47. The van der Waals surface area contributed by atoms with Crippen LogP contribution >= 0.6 is 11.8 Å². The molecule has 0 aliphatic rings. The highest BCUT2D eigenvalue weighted by Gasteiger charge is 2.29. The van der Waals surface area contributed by atoms with Crippen molar-refractivity contribution < 1.29 is 9.84 Å². The average molecular weight is 283 g/mol. The van der Waals surface area contributed by atoms with Crippen LogP contribution in [0.3, 0.4) is 0 Å². The second kappa shape index (κ2) is 9.37. The molecule has 0 aliphatic heterocycles. The van der Waals surface area contributed by atoms with Crippen LogP contribution in [-0.2, 0) is 10.3 Å². The van der Waals surface area contributed by atoms with Gasteiger partial charge in [0.05, 0.1) is 18.8 Å². The minimum Gasteiger partial charge on any atom is -0.394 e. The molecule has 0 heterocycles. The van der Waals surface area contributed by atoms with Crippen molar-refractivity contribution in [2.45, 2.75) is 18.9 Å². The van der Waals surface area contributed by atoms with Crippen molar-refractivity contribution >= 4 is 11.8 Å². The van der Waals surface area contributed by atoms with Gasteiger partial charge in [0.15, 0.2) is 0 Å². The summed E-state index contributed by atoms with van der Waals surface area (Å²) in [7, 11) is 1.72. The summed E-state index contributed by atoms with van der Waals surface area (Å²) in [5, 5.41) is 13.3. The van der Waals surface area contributed by atoms with Gasteiger partial charge in [-0.25, -0.2) is 0 Å². The van der Waals surface area contributed by atoms with Gasteiger partial charge in [0.1, 0.15) is 0 Å². The molecule has 19 heavy (non-hydrogen) atoms. The minimum absolute atomic E-state index is 0.121. The Kier molecular flexibility index (Phi) is 8.14. The number of ether oxygens (including phenoxy) is 1. The second-order valence-electron chi connectivity index (χ2n) is 4.49. The lowest BCUT2D eigenvalue weighted by atomic mass is 9.88. The number of aliphatic hydroxyl groups excluding tert-OH is 1. The molecule has 1 unspecified atom stereocenters. The van der Waals surface area contributed by atoms with Crippen molar-refractivity contribution in [1.82, 2.24) is 5.32 Å². The Morgan fingerprint density at radius 3 is 2.58 bits per heavy atom. The van der Waals surface area contributed by atoms with E-state index in [-0.39, 0.29) is 12.1 Å².